The second-order valence-electron chi connectivity index (χ2n) is 0.383. The SMILES string of the molecule is O.O=C(S)[N-]S.[Mo]. The summed E-state index contributed by atoms with van der Waals surface area (Å²) in [6, 6.07) is 0. The summed E-state index contributed by atoms with van der Waals surface area (Å²) in [7, 11) is 0. The van der Waals surface area contributed by atoms with Crippen LogP contribution in [0.3, 0.4) is 0 Å². The molecule has 0 aliphatic heterocycles. The van der Waals surface area contributed by atoms with E-state index in [2.05, 4.69) is 30.2 Å². The summed E-state index contributed by atoms with van der Waals surface area (Å²) in [4.78, 5) is 9.43. The first-order valence-electron chi connectivity index (χ1n) is 0.851. The number of amides is 1. The zero-order valence-corrected chi connectivity index (χ0v) is 6.95. The van der Waals surface area contributed by atoms with Crippen molar-refractivity contribution < 1.29 is 31.3 Å². The zero-order valence-electron chi connectivity index (χ0n) is 3.16. The molecule has 0 aromatic carbocycles. The number of carbonyl (C=O) groups excluding carboxylic acids is 1. The van der Waals surface area contributed by atoms with Gasteiger partial charge in [0, 0.05) is 21.1 Å². The van der Waals surface area contributed by atoms with Crippen molar-refractivity contribution in [3.8, 4) is 0 Å². The van der Waals surface area contributed by atoms with Crippen molar-refractivity contribution in [1.29, 1.82) is 0 Å². The van der Waals surface area contributed by atoms with E-state index in [-0.39, 0.29) is 26.5 Å². The Morgan fingerprint density at radius 1 is 1.57 bits per heavy atom. The van der Waals surface area contributed by atoms with Crippen LogP contribution >= 0.6 is 25.4 Å². The first-order valence-corrected chi connectivity index (χ1v) is 1.70. The Kier molecular flexibility index (Phi) is 22.2. The molecule has 44 valence electrons. The first-order chi connectivity index (χ1) is 2.27. The van der Waals surface area contributed by atoms with Gasteiger partial charge in [-0.25, -0.2) is 0 Å². The molecule has 0 aliphatic rings. The number of rotatable bonds is 0. The number of nitrogens with zero attached hydrogens (tertiary/aromatic N) is 1. The van der Waals surface area contributed by atoms with E-state index in [9.17, 15) is 4.79 Å². The summed E-state index contributed by atoms with van der Waals surface area (Å²) in [6.45, 7) is 0. The topological polar surface area (TPSA) is 62.7 Å². The summed E-state index contributed by atoms with van der Waals surface area (Å²) in [5, 5.41) is -0.562. The van der Waals surface area contributed by atoms with Gasteiger partial charge < -0.3 is 15.0 Å². The van der Waals surface area contributed by atoms with Gasteiger partial charge in [0.25, 0.3) is 0 Å². The Labute approximate surface area is 66.8 Å². The van der Waals surface area contributed by atoms with Gasteiger partial charge in [0.15, 0.2) is 0 Å². The van der Waals surface area contributed by atoms with Gasteiger partial charge in [0.2, 0.25) is 0 Å². The minimum atomic E-state index is -0.562. The molecule has 0 bridgehead atoms. The van der Waals surface area contributed by atoms with Crippen LogP contribution in [0.5, 0.6) is 0 Å². The van der Waals surface area contributed by atoms with Gasteiger partial charge in [0.1, 0.15) is 5.24 Å². The molecular weight excluding hydrogens is 218 g/mol. The molecule has 6 heteroatoms. The van der Waals surface area contributed by atoms with Gasteiger partial charge in [-0.2, -0.15) is 0 Å². The van der Waals surface area contributed by atoms with Crippen LogP contribution in [0.4, 0.5) is 4.79 Å². The molecule has 3 nitrogen and oxygen atoms in total. The maximum Gasteiger partial charge on any atom is 0.114 e. The molecule has 0 unspecified atom stereocenters. The fourth-order valence-electron chi connectivity index (χ4n) is 0. The predicted octanol–water partition coefficient (Wildman–Crippen LogP) is 0.427. The maximum atomic E-state index is 9.43. The van der Waals surface area contributed by atoms with Crippen LogP contribution in [0.25, 0.3) is 4.72 Å². The van der Waals surface area contributed by atoms with E-state index in [1.54, 1.807) is 0 Å². The Bertz CT molecular complexity index is 51.0. The van der Waals surface area contributed by atoms with E-state index >= 15 is 0 Å². The number of thiol groups is 2. The molecule has 0 saturated carbocycles. The standard InChI is InChI=1S/CH3NOS2.Mo.H2O/c3-1(4)2-5;;/h(H3,2,3,4,5);;1H2/p-1. The smallest absolute Gasteiger partial charge is 0.114 e. The van der Waals surface area contributed by atoms with Crippen molar-refractivity contribution in [2.24, 2.45) is 0 Å². The molecule has 0 heterocycles. The molecule has 0 saturated heterocycles. The van der Waals surface area contributed by atoms with Gasteiger partial charge >= 0.3 is 0 Å². The first kappa shape index (κ1) is 15.7. The van der Waals surface area contributed by atoms with Crippen molar-refractivity contribution in [3.63, 3.8) is 0 Å². The third-order valence-electron chi connectivity index (χ3n) is 0.0855. The second kappa shape index (κ2) is 9.94. The van der Waals surface area contributed by atoms with Crippen LogP contribution in [0, 0.1) is 0 Å². The van der Waals surface area contributed by atoms with Gasteiger partial charge in [-0.1, -0.05) is 0 Å². The molecule has 0 spiro atoms. The predicted molar refractivity (Wildman–Crippen MR) is 30.3 cm³/mol. The van der Waals surface area contributed by atoms with Gasteiger partial charge in [-0.15, -0.1) is 12.6 Å². The summed E-state index contributed by atoms with van der Waals surface area (Å²) in [5.41, 5.74) is 0. The van der Waals surface area contributed by atoms with Crippen molar-refractivity contribution in [2.75, 3.05) is 0 Å². The molecular formula is CH4MoNO2S2-. The van der Waals surface area contributed by atoms with E-state index in [0.29, 0.717) is 0 Å². The third-order valence-corrected chi connectivity index (χ3v) is 0.525. The maximum absolute atomic E-state index is 9.43. The molecule has 0 aromatic rings. The Morgan fingerprint density at radius 2 is 1.71 bits per heavy atom. The molecule has 0 atom stereocenters. The molecule has 0 rings (SSSR count). The van der Waals surface area contributed by atoms with Crippen LogP contribution in [-0.2, 0) is 21.1 Å². The normalized spacial score (nSPS) is 4.86. The summed E-state index contributed by atoms with van der Waals surface area (Å²) >= 11 is 6.43. The number of carbonyl (C=O) groups is 1. The van der Waals surface area contributed by atoms with Gasteiger partial charge in [-0.05, 0) is 0 Å². The Morgan fingerprint density at radius 3 is 1.71 bits per heavy atom. The molecule has 1 amide bonds. The summed E-state index contributed by atoms with van der Waals surface area (Å²) in [5.74, 6) is 0. The minimum absolute atomic E-state index is 0. The molecule has 0 radical (unpaired) electrons. The van der Waals surface area contributed by atoms with E-state index < -0.39 is 5.24 Å². The van der Waals surface area contributed by atoms with Crippen LogP contribution in [0.15, 0.2) is 0 Å². The van der Waals surface area contributed by atoms with Gasteiger partial charge in [-0.3, -0.25) is 12.8 Å². The largest absolute Gasteiger partial charge is 0.594 e. The second-order valence-corrected chi connectivity index (χ2v) is 0.965. The van der Waals surface area contributed by atoms with Crippen molar-refractivity contribution in [2.45, 2.75) is 0 Å². The fourth-order valence-corrected chi connectivity index (χ4v) is 0. The van der Waals surface area contributed by atoms with Crippen molar-refractivity contribution >= 4 is 30.7 Å². The average Bonchev–Trinajstić information content (AvgIpc) is 1.38. The van der Waals surface area contributed by atoms with Crippen molar-refractivity contribution in [3.05, 3.63) is 4.72 Å². The average molecular weight is 222 g/mol. The molecule has 0 aliphatic carbocycles. The molecule has 7 heavy (non-hydrogen) atoms. The zero-order chi connectivity index (χ0) is 4.28. The third kappa shape index (κ3) is 19.9. The Balaban J connectivity index is -0.0000000800. The van der Waals surface area contributed by atoms with Crippen LogP contribution in [0.2, 0.25) is 0 Å². The molecule has 2 N–H and O–H groups in total. The number of hydrogen-bond acceptors (Lipinski definition) is 2. The van der Waals surface area contributed by atoms with E-state index in [1.807, 2.05) is 0 Å². The fraction of sp³-hybridized carbons (Fsp3) is 0. The van der Waals surface area contributed by atoms with Crippen LogP contribution in [-0.4, -0.2) is 10.7 Å². The van der Waals surface area contributed by atoms with E-state index in [1.165, 1.54) is 0 Å². The monoisotopic (exact) mass is 224 g/mol. The van der Waals surface area contributed by atoms with Gasteiger partial charge in [0.05, 0.1) is 0 Å². The summed E-state index contributed by atoms with van der Waals surface area (Å²) in [6.07, 6.45) is 0. The quantitative estimate of drug-likeness (QED) is 0.453. The van der Waals surface area contributed by atoms with Crippen LogP contribution in [0.1, 0.15) is 0 Å². The summed E-state index contributed by atoms with van der Waals surface area (Å²) < 4.78 is 2.81. The minimum Gasteiger partial charge on any atom is -0.594 e. The van der Waals surface area contributed by atoms with E-state index in [0.717, 1.165) is 0 Å². The van der Waals surface area contributed by atoms with Crippen molar-refractivity contribution in [1.82, 2.24) is 0 Å². The van der Waals surface area contributed by atoms with E-state index in [4.69, 9.17) is 0 Å². The molecule has 0 aromatic heterocycles. The van der Waals surface area contributed by atoms with Crippen LogP contribution < -0.4 is 0 Å². The molecule has 0 fully saturated rings. The Hall–Kier alpha value is 0.818. The number of hydrogen-bond donors (Lipinski definition) is 2.